The lowest BCUT2D eigenvalue weighted by molar-refractivity contribution is 0.644. The minimum Gasteiger partial charge on any atom is -0.354 e. The Balaban J connectivity index is 1.92. The van der Waals surface area contributed by atoms with Crippen LogP contribution >= 0.6 is 0 Å². The van der Waals surface area contributed by atoms with E-state index < -0.39 is 0 Å². The Morgan fingerprint density at radius 1 is 0.739 bits per heavy atom. The smallest absolute Gasteiger partial charge is 0.0541 e. The maximum absolute atomic E-state index is 3.67. The van der Waals surface area contributed by atoms with E-state index >= 15 is 0 Å². The van der Waals surface area contributed by atoms with Crippen LogP contribution in [0.15, 0.2) is 60.7 Å². The van der Waals surface area contributed by atoms with Crippen LogP contribution in [-0.4, -0.2) is 4.98 Å². The summed E-state index contributed by atoms with van der Waals surface area (Å²) in [6.45, 7) is 0. The number of hydrogen-bond acceptors (Lipinski definition) is 0. The van der Waals surface area contributed by atoms with E-state index in [9.17, 15) is 0 Å². The molecule has 0 fully saturated rings. The Morgan fingerprint density at radius 3 is 2.43 bits per heavy atom. The van der Waals surface area contributed by atoms with Gasteiger partial charge in [-0.15, -0.1) is 0 Å². The monoisotopic (exact) mass is 301 g/mol. The molecule has 1 heterocycles. The third-order valence-corrected chi connectivity index (χ3v) is 4.88. The molecule has 0 spiro atoms. The fourth-order valence-electron chi connectivity index (χ4n) is 3.72. The van der Waals surface area contributed by atoms with Crippen LogP contribution in [0.2, 0.25) is 0 Å². The highest BCUT2D eigenvalue weighted by atomic mass is 14.7. The third kappa shape index (κ3) is 2.84. The van der Waals surface area contributed by atoms with E-state index in [1.165, 1.54) is 71.8 Å². The molecule has 1 aromatic heterocycles. The maximum Gasteiger partial charge on any atom is 0.0541 e. The normalized spacial score (nSPS) is 18.2. The first kappa shape index (κ1) is 14.3. The van der Waals surface area contributed by atoms with Crippen molar-refractivity contribution in [3.05, 3.63) is 66.2 Å². The van der Waals surface area contributed by atoms with Crippen molar-refractivity contribution >= 4 is 16.5 Å². The van der Waals surface area contributed by atoms with Crippen molar-refractivity contribution < 1.29 is 0 Å². The van der Waals surface area contributed by atoms with E-state index in [4.69, 9.17) is 0 Å². The van der Waals surface area contributed by atoms with Crippen LogP contribution in [0.1, 0.15) is 44.1 Å². The van der Waals surface area contributed by atoms with Gasteiger partial charge in [-0.05, 0) is 42.9 Å². The summed E-state index contributed by atoms with van der Waals surface area (Å²) in [6, 6.07) is 19.5. The number of allylic oxidation sites excluding steroid dienone is 2. The SMILES string of the molecule is C1=C(/c2c(-c3ccccc3)[nH]c3ccccc23)CCCCCC/1. The van der Waals surface area contributed by atoms with E-state index in [1.54, 1.807) is 0 Å². The topological polar surface area (TPSA) is 15.8 Å². The fraction of sp³-hybridized carbons (Fsp3) is 0.273. The average Bonchev–Trinajstić information content (AvgIpc) is 2.95. The van der Waals surface area contributed by atoms with Gasteiger partial charge >= 0.3 is 0 Å². The summed E-state index contributed by atoms with van der Waals surface area (Å²) in [6.07, 6.45) is 10.3. The number of aromatic amines is 1. The third-order valence-electron chi connectivity index (χ3n) is 4.88. The summed E-state index contributed by atoms with van der Waals surface area (Å²) >= 11 is 0. The molecule has 1 aliphatic rings. The number of H-pyrrole nitrogens is 1. The second kappa shape index (κ2) is 6.45. The molecular formula is C22H23N. The lowest BCUT2D eigenvalue weighted by Gasteiger charge is -2.13. The number of benzene rings is 2. The Bertz CT molecular complexity index is 824. The number of fused-ring (bicyclic) bond motifs is 1. The predicted molar refractivity (Wildman–Crippen MR) is 99.4 cm³/mol. The second-order valence-corrected chi connectivity index (χ2v) is 6.47. The van der Waals surface area contributed by atoms with Crippen LogP contribution < -0.4 is 0 Å². The largest absolute Gasteiger partial charge is 0.354 e. The highest BCUT2D eigenvalue weighted by molar-refractivity contribution is 6.00. The molecule has 0 atom stereocenters. The molecule has 0 unspecified atom stereocenters. The van der Waals surface area contributed by atoms with Crippen LogP contribution in [0, 0.1) is 0 Å². The van der Waals surface area contributed by atoms with Crippen molar-refractivity contribution in [1.29, 1.82) is 0 Å². The molecule has 0 saturated carbocycles. The van der Waals surface area contributed by atoms with Crippen molar-refractivity contribution in [1.82, 2.24) is 4.98 Å². The van der Waals surface area contributed by atoms with Crippen molar-refractivity contribution in [3.63, 3.8) is 0 Å². The summed E-state index contributed by atoms with van der Waals surface area (Å²) < 4.78 is 0. The standard InChI is InChI=1S/C22H23N/c1-2-5-11-17(12-6-3-1)21-19-15-9-10-16-20(19)23-22(21)18-13-7-4-8-14-18/h4,7-11,13-16,23H,1-3,5-6,12H2/b17-11+. The zero-order chi connectivity index (χ0) is 15.5. The molecule has 1 N–H and O–H groups in total. The molecule has 0 amide bonds. The van der Waals surface area contributed by atoms with Gasteiger partial charge in [0.2, 0.25) is 0 Å². The lowest BCUT2D eigenvalue weighted by Crippen LogP contribution is -1.92. The van der Waals surface area contributed by atoms with E-state index in [0.717, 1.165) is 0 Å². The second-order valence-electron chi connectivity index (χ2n) is 6.47. The number of nitrogens with one attached hydrogen (secondary N) is 1. The van der Waals surface area contributed by atoms with E-state index in [1.807, 2.05) is 0 Å². The number of hydrogen-bond donors (Lipinski definition) is 1. The highest BCUT2D eigenvalue weighted by Crippen LogP contribution is 2.38. The highest BCUT2D eigenvalue weighted by Gasteiger charge is 2.16. The molecule has 4 rings (SSSR count). The van der Waals surface area contributed by atoms with E-state index in [-0.39, 0.29) is 0 Å². The van der Waals surface area contributed by atoms with Gasteiger partial charge in [0.05, 0.1) is 5.69 Å². The molecule has 0 radical (unpaired) electrons. The summed E-state index contributed by atoms with van der Waals surface area (Å²) in [5.41, 5.74) is 6.75. The Labute approximate surface area is 138 Å². The van der Waals surface area contributed by atoms with Gasteiger partial charge in [-0.1, -0.05) is 67.4 Å². The van der Waals surface area contributed by atoms with E-state index in [0.29, 0.717) is 0 Å². The predicted octanol–water partition coefficient (Wildman–Crippen LogP) is 6.57. The van der Waals surface area contributed by atoms with Gasteiger partial charge in [0.1, 0.15) is 0 Å². The van der Waals surface area contributed by atoms with Crippen molar-refractivity contribution in [2.45, 2.75) is 38.5 Å². The molecule has 2 aromatic carbocycles. The first-order valence-corrected chi connectivity index (χ1v) is 8.79. The van der Waals surface area contributed by atoms with Gasteiger partial charge in [-0.2, -0.15) is 0 Å². The fourth-order valence-corrected chi connectivity index (χ4v) is 3.72. The van der Waals surface area contributed by atoms with Gasteiger partial charge in [0.15, 0.2) is 0 Å². The first-order chi connectivity index (χ1) is 11.4. The van der Waals surface area contributed by atoms with Crippen molar-refractivity contribution in [3.8, 4) is 11.3 Å². The summed E-state index contributed by atoms with van der Waals surface area (Å²) in [4.78, 5) is 3.67. The molecule has 0 saturated heterocycles. The first-order valence-electron chi connectivity index (χ1n) is 8.79. The zero-order valence-electron chi connectivity index (χ0n) is 13.5. The number of rotatable bonds is 2. The van der Waals surface area contributed by atoms with Crippen molar-refractivity contribution in [2.24, 2.45) is 0 Å². The molecule has 1 aliphatic carbocycles. The van der Waals surface area contributed by atoms with E-state index in [2.05, 4.69) is 65.7 Å². The lowest BCUT2D eigenvalue weighted by atomic mass is 9.91. The maximum atomic E-state index is 3.67. The van der Waals surface area contributed by atoms with Gasteiger partial charge in [0, 0.05) is 16.5 Å². The van der Waals surface area contributed by atoms with Gasteiger partial charge in [0.25, 0.3) is 0 Å². The molecule has 23 heavy (non-hydrogen) atoms. The van der Waals surface area contributed by atoms with Gasteiger partial charge < -0.3 is 4.98 Å². The molecule has 3 aromatic rings. The Kier molecular flexibility index (Phi) is 4.02. The van der Waals surface area contributed by atoms with Gasteiger partial charge in [-0.25, -0.2) is 0 Å². The van der Waals surface area contributed by atoms with Crippen LogP contribution in [0.4, 0.5) is 0 Å². The van der Waals surface area contributed by atoms with Crippen LogP contribution in [0.25, 0.3) is 27.7 Å². The molecule has 1 nitrogen and oxygen atoms in total. The minimum atomic E-state index is 1.20. The van der Waals surface area contributed by atoms with Crippen LogP contribution in [0.3, 0.4) is 0 Å². The van der Waals surface area contributed by atoms with Crippen LogP contribution in [0.5, 0.6) is 0 Å². The zero-order valence-corrected chi connectivity index (χ0v) is 13.5. The Hall–Kier alpha value is -2.28. The molecule has 0 bridgehead atoms. The summed E-state index contributed by atoms with van der Waals surface area (Å²) in [5, 5.41) is 1.36. The summed E-state index contributed by atoms with van der Waals surface area (Å²) in [7, 11) is 0. The molecule has 116 valence electrons. The number of aromatic nitrogens is 1. The number of para-hydroxylation sites is 1. The molecule has 0 aliphatic heterocycles. The molecular weight excluding hydrogens is 278 g/mol. The molecule has 1 heteroatoms. The minimum absolute atomic E-state index is 1.20. The quantitative estimate of drug-likeness (QED) is 0.550. The average molecular weight is 301 g/mol. The Morgan fingerprint density at radius 2 is 1.52 bits per heavy atom. The summed E-state index contributed by atoms with van der Waals surface area (Å²) in [5.74, 6) is 0. The van der Waals surface area contributed by atoms with Crippen LogP contribution in [-0.2, 0) is 0 Å². The van der Waals surface area contributed by atoms with Crippen molar-refractivity contribution in [2.75, 3.05) is 0 Å². The van der Waals surface area contributed by atoms with Gasteiger partial charge in [-0.3, -0.25) is 0 Å².